The summed E-state index contributed by atoms with van der Waals surface area (Å²) in [4.78, 5) is 25.9. The maximum Gasteiger partial charge on any atom is 0.410 e. The molecule has 6 nitrogen and oxygen atoms in total. The maximum absolute atomic E-state index is 12.3. The Morgan fingerprint density at radius 3 is 2.24 bits per heavy atom. The van der Waals surface area contributed by atoms with Gasteiger partial charge in [-0.3, -0.25) is 0 Å². The molecule has 0 N–H and O–H groups in total. The van der Waals surface area contributed by atoms with E-state index in [-0.39, 0.29) is 6.09 Å². The molecule has 29 heavy (non-hydrogen) atoms. The van der Waals surface area contributed by atoms with Crippen molar-refractivity contribution in [1.82, 2.24) is 14.9 Å². The summed E-state index contributed by atoms with van der Waals surface area (Å²) in [5.41, 5.74) is 2.44. The normalized spacial score (nSPS) is 14.9. The van der Waals surface area contributed by atoms with Crippen LogP contribution in [0.3, 0.4) is 0 Å². The van der Waals surface area contributed by atoms with Gasteiger partial charge in [-0.05, 0) is 26.8 Å². The minimum atomic E-state index is -0.486. The molecular weight excluding hydrogens is 364 g/mol. The van der Waals surface area contributed by atoms with Crippen LogP contribution in [0, 0.1) is 0 Å². The van der Waals surface area contributed by atoms with Crippen molar-refractivity contribution in [3.63, 3.8) is 0 Å². The number of nitrogens with zero attached hydrogens (tertiary/aromatic N) is 4. The number of amides is 1. The molecule has 0 unspecified atom stereocenters. The van der Waals surface area contributed by atoms with E-state index in [1.165, 1.54) is 0 Å². The lowest BCUT2D eigenvalue weighted by Gasteiger charge is -2.35. The van der Waals surface area contributed by atoms with Gasteiger partial charge in [0.25, 0.3) is 0 Å². The van der Waals surface area contributed by atoms with E-state index in [9.17, 15) is 4.79 Å². The highest BCUT2D eigenvalue weighted by atomic mass is 16.6. The highest BCUT2D eigenvalue weighted by molar-refractivity contribution is 5.93. The number of aromatic nitrogens is 2. The summed E-state index contributed by atoms with van der Waals surface area (Å²) in [5.74, 6) is 0.700. The maximum atomic E-state index is 12.3. The Morgan fingerprint density at radius 1 is 0.897 bits per heavy atom. The van der Waals surface area contributed by atoms with Gasteiger partial charge in [0, 0.05) is 37.1 Å². The molecule has 0 spiro atoms. The monoisotopic (exact) mass is 390 g/mol. The second-order valence-electron chi connectivity index (χ2n) is 8.21. The molecule has 0 aliphatic carbocycles. The van der Waals surface area contributed by atoms with E-state index in [0.29, 0.717) is 32.1 Å². The van der Waals surface area contributed by atoms with E-state index in [2.05, 4.69) is 23.1 Å². The van der Waals surface area contributed by atoms with Crippen LogP contribution < -0.4 is 4.90 Å². The van der Waals surface area contributed by atoms with Crippen molar-refractivity contribution >= 4 is 22.9 Å². The first-order valence-electron chi connectivity index (χ1n) is 9.96. The number of piperazine rings is 1. The largest absolute Gasteiger partial charge is 0.444 e. The predicted octanol–water partition coefficient (Wildman–Crippen LogP) is 4.35. The van der Waals surface area contributed by atoms with Gasteiger partial charge in [-0.15, -0.1) is 0 Å². The molecule has 0 radical (unpaired) electrons. The molecule has 2 aromatic carbocycles. The molecule has 1 amide bonds. The molecule has 3 aromatic rings. The lowest BCUT2D eigenvalue weighted by molar-refractivity contribution is 0.0240. The van der Waals surface area contributed by atoms with Gasteiger partial charge in [0.1, 0.15) is 5.60 Å². The first-order valence-corrected chi connectivity index (χ1v) is 9.96. The molecule has 1 aromatic heterocycles. The van der Waals surface area contributed by atoms with Crippen molar-refractivity contribution in [3.05, 3.63) is 54.6 Å². The van der Waals surface area contributed by atoms with Crippen LogP contribution in [0.2, 0.25) is 0 Å². The van der Waals surface area contributed by atoms with Crippen molar-refractivity contribution in [1.29, 1.82) is 0 Å². The third-order valence-corrected chi connectivity index (χ3v) is 4.85. The van der Waals surface area contributed by atoms with Crippen molar-refractivity contribution < 1.29 is 9.53 Å². The van der Waals surface area contributed by atoms with Gasteiger partial charge in [0.15, 0.2) is 0 Å². The SMILES string of the molecule is CC(C)(C)OC(=O)N1CCN(c2nc(-c3ccccc3)c3ccccc3n2)CC1. The average molecular weight is 390 g/mol. The van der Waals surface area contributed by atoms with Crippen molar-refractivity contribution in [2.24, 2.45) is 0 Å². The lowest BCUT2D eigenvalue weighted by Crippen LogP contribution is -2.50. The number of hydrogen-bond acceptors (Lipinski definition) is 5. The predicted molar refractivity (Wildman–Crippen MR) is 115 cm³/mol. The Hall–Kier alpha value is -3.15. The summed E-state index contributed by atoms with van der Waals surface area (Å²) in [6.07, 6.45) is -0.262. The molecule has 1 fully saturated rings. The number of benzene rings is 2. The van der Waals surface area contributed by atoms with Crippen LogP contribution >= 0.6 is 0 Å². The van der Waals surface area contributed by atoms with E-state index in [0.717, 1.165) is 22.2 Å². The van der Waals surface area contributed by atoms with Crippen LogP contribution in [0.4, 0.5) is 10.7 Å². The highest BCUT2D eigenvalue weighted by Crippen LogP contribution is 2.28. The Morgan fingerprint density at radius 2 is 1.55 bits per heavy atom. The minimum absolute atomic E-state index is 0.262. The van der Waals surface area contributed by atoms with E-state index in [4.69, 9.17) is 14.7 Å². The lowest BCUT2D eigenvalue weighted by atomic mass is 10.1. The molecule has 1 saturated heterocycles. The van der Waals surface area contributed by atoms with Crippen LogP contribution in [-0.4, -0.2) is 52.7 Å². The summed E-state index contributed by atoms with van der Waals surface area (Å²) in [5, 5.41) is 1.04. The van der Waals surface area contributed by atoms with Gasteiger partial charge in [0.05, 0.1) is 11.2 Å². The smallest absolute Gasteiger partial charge is 0.410 e. The Balaban J connectivity index is 1.59. The number of para-hydroxylation sites is 1. The summed E-state index contributed by atoms with van der Waals surface area (Å²) < 4.78 is 5.49. The molecular formula is C23H26N4O2. The fourth-order valence-corrected chi connectivity index (χ4v) is 3.44. The summed E-state index contributed by atoms with van der Waals surface area (Å²) in [6.45, 7) is 8.18. The first-order chi connectivity index (χ1) is 13.9. The van der Waals surface area contributed by atoms with Gasteiger partial charge in [0.2, 0.25) is 5.95 Å². The third kappa shape index (κ3) is 4.31. The van der Waals surface area contributed by atoms with Crippen molar-refractivity contribution in [3.8, 4) is 11.3 Å². The van der Waals surface area contributed by atoms with Crippen LogP contribution in [0.5, 0.6) is 0 Å². The zero-order valence-corrected chi connectivity index (χ0v) is 17.1. The number of carbonyl (C=O) groups excluding carboxylic acids is 1. The fourth-order valence-electron chi connectivity index (χ4n) is 3.44. The second-order valence-corrected chi connectivity index (χ2v) is 8.21. The van der Waals surface area contributed by atoms with Gasteiger partial charge >= 0.3 is 6.09 Å². The highest BCUT2D eigenvalue weighted by Gasteiger charge is 2.27. The fraction of sp³-hybridized carbons (Fsp3) is 0.348. The Labute approximate surface area is 171 Å². The molecule has 4 rings (SSSR count). The Kier molecular flexibility index (Phi) is 5.09. The number of anilines is 1. The molecule has 150 valence electrons. The second kappa shape index (κ2) is 7.70. The number of hydrogen-bond donors (Lipinski definition) is 0. The van der Waals surface area contributed by atoms with Gasteiger partial charge in [-0.2, -0.15) is 0 Å². The molecule has 2 heterocycles. The minimum Gasteiger partial charge on any atom is -0.444 e. The molecule has 0 atom stereocenters. The van der Waals surface area contributed by atoms with Crippen LogP contribution in [0.15, 0.2) is 54.6 Å². The number of rotatable bonds is 2. The van der Waals surface area contributed by atoms with E-state index < -0.39 is 5.60 Å². The van der Waals surface area contributed by atoms with Crippen LogP contribution in [-0.2, 0) is 4.74 Å². The first kappa shape index (κ1) is 19.2. The molecule has 1 aliphatic rings. The van der Waals surface area contributed by atoms with Crippen molar-refractivity contribution in [2.45, 2.75) is 26.4 Å². The number of ether oxygens (including phenoxy) is 1. The molecule has 0 saturated carbocycles. The standard InChI is InChI=1S/C23H26N4O2/c1-23(2,3)29-22(28)27-15-13-26(14-16-27)21-24-19-12-8-7-11-18(19)20(25-21)17-9-5-4-6-10-17/h4-12H,13-16H2,1-3H3. The summed E-state index contributed by atoms with van der Waals surface area (Å²) in [6, 6.07) is 18.3. The summed E-state index contributed by atoms with van der Waals surface area (Å²) in [7, 11) is 0. The van der Waals surface area contributed by atoms with E-state index in [1.807, 2.05) is 57.2 Å². The van der Waals surface area contributed by atoms with Crippen LogP contribution in [0.1, 0.15) is 20.8 Å². The van der Waals surface area contributed by atoms with Gasteiger partial charge < -0.3 is 14.5 Å². The van der Waals surface area contributed by atoms with Crippen molar-refractivity contribution in [2.75, 3.05) is 31.1 Å². The average Bonchev–Trinajstić information content (AvgIpc) is 2.72. The quantitative estimate of drug-likeness (QED) is 0.651. The Bertz CT molecular complexity index is 1010. The van der Waals surface area contributed by atoms with Crippen LogP contribution in [0.25, 0.3) is 22.2 Å². The third-order valence-electron chi connectivity index (χ3n) is 4.85. The van der Waals surface area contributed by atoms with Gasteiger partial charge in [-0.25, -0.2) is 14.8 Å². The number of fused-ring (bicyclic) bond motifs is 1. The summed E-state index contributed by atoms with van der Waals surface area (Å²) >= 11 is 0. The topological polar surface area (TPSA) is 58.6 Å². The van der Waals surface area contributed by atoms with E-state index in [1.54, 1.807) is 4.90 Å². The molecule has 1 aliphatic heterocycles. The zero-order chi connectivity index (χ0) is 20.4. The molecule has 0 bridgehead atoms. The van der Waals surface area contributed by atoms with E-state index >= 15 is 0 Å². The zero-order valence-electron chi connectivity index (χ0n) is 17.1. The number of carbonyl (C=O) groups is 1. The molecule has 6 heteroatoms. The van der Waals surface area contributed by atoms with Gasteiger partial charge in [-0.1, -0.05) is 48.5 Å².